The van der Waals surface area contributed by atoms with Crippen LogP contribution in [0.2, 0.25) is 0 Å². The Balaban J connectivity index is 3.11. The van der Waals surface area contributed by atoms with Gasteiger partial charge in [-0.2, -0.15) is 0 Å². The third-order valence-corrected chi connectivity index (χ3v) is 2.62. The molecular formula is C9H10BrFN2O3. The Bertz CT molecular complexity index is 412. The van der Waals surface area contributed by atoms with Crippen LogP contribution in [-0.2, 0) is 0 Å². The van der Waals surface area contributed by atoms with Gasteiger partial charge in [0.25, 0.3) is 5.69 Å². The van der Waals surface area contributed by atoms with Crippen molar-refractivity contribution in [3.8, 4) is 0 Å². The molecule has 0 amide bonds. The number of nitro groups is 1. The molecule has 0 aliphatic rings. The average Bonchev–Trinajstić information content (AvgIpc) is 2.19. The second-order valence-electron chi connectivity index (χ2n) is 3.24. The fourth-order valence-electron chi connectivity index (χ4n) is 1.11. The molecule has 0 aliphatic heterocycles. The Morgan fingerprint density at radius 3 is 2.81 bits per heavy atom. The van der Waals surface area contributed by atoms with Gasteiger partial charge in [-0.05, 0) is 28.9 Å². The quantitative estimate of drug-likeness (QED) is 0.659. The maximum Gasteiger partial charge on any atom is 0.293 e. The van der Waals surface area contributed by atoms with Crippen molar-refractivity contribution in [2.45, 2.75) is 13.0 Å². The summed E-state index contributed by atoms with van der Waals surface area (Å²) < 4.78 is 13.2. The summed E-state index contributed by atoms with van der Waals surface area (Å²) in [5, 5.41) is 22.4. The fourth-order valence-corrected chi connectivity index (χ4v) is 1.59. The van der Waals surface area contributed by atoms with Gasteiger partial charge >= 0.3 is 0 Å². The number of aliphatic hydroxyl groups excluding tert-OH is 1. The maximum absolute atomic E-state index is 13.2. The number of rotatable bonds is 4. The summed E-state index contributed by atoms with van der Waals surface area (Å²) in [5.41, 5.74) is -0.208. The van der Waals surface area contributed by atoms with Crippen LogP contribution in [-0.4, -0.2) is 22.7 Å². The number of nitrogens with zero attached hydrogens (tertiary/aromatic N) is 1. The van der Waals surface area contributed by atoms with Gasteiger partial charge in [0.2, 0.25) is 0 Å². The van der Waals surface area contributed by atoms with Crippen LogP contribution >= 0.6 is 15.9 Å². The predicted octanol–water partition coefficient (Wildman–Crippen LogP) is 2.29. The smallest absolute Gasteiger partial charge is 0.293 e. The Kier molecular flexibility index (Phi) is 4.19. The van der Waals surface area contributed by atoms with Crippen LogP contribution in [0.15, 0.2) is 16.6 Å². The maximum atomic E-state index is 13.2. The minimum Gasteiger partial charge on any atom is -0.392 e. The van der Waals surface area contributed by atoms with Crippen molar-refractivity contribution in [3.63, 3.8) is 0 Å². The summed E-state index contributed by atoms with van der Waals surface area (Å²) in [5.74, 6) is -0.598. The molecule has 1 rings (SSSR count). The summed E-state index contributed by atoms with van der Waals surface area (Å²) in [4.78, 5) is 10.1. The molecule has 1 aromatic carbocycles. The van der Waals surface area contributed by atoms with Crippen molar-refractivity contribution in [1.29, 1.82) is 0 Å². The van der Waals surface area contributed by atoms with Gasteiger partial charge in [0.05, 0.1) is 15.5 Å². The lowest BCUT2D eigenvalue weighted by molar-refractivity contribution is -0.384. The van der Waals surface area contributed by atoms with Gasteiger partial charge in [0, 0.05) is 12.6 Å². The van der Waals surface area contributed by atoms with Gasteiger partial charge in [-0.25, -0.2) is 4.39 Å². The zero-order valence-electron chi connectivity index (χ0n) is 8.41. The number of aliphatic hydroxyl groups is 1. The standard InChI is InChI=1S/C9H10BrFN2O3/c1-5(14)4-12-9-7(13(15)16)3-2-6(11)8(9)10/h2-3,5,12,14H,4H2,1H3. The molecule has 0 aliphatic carbocycles. The number of benzene rings is 1. The van der Waals surface area contributed by atoms with E-state index in [1.165, 1.54) is 6.92 Å². The number of nitro benzene ring substituents is 1. The molecule has 1 aromatic rings. The van der Waals surface area contributed by atoms with Gasteiger partial charge in [-0.1, -0.05) is 0 Å². The highest BCUT2D eigenvalue weighted by molar-refractivity contribution is 9.10. The van der Waals surface area contributed by atoms with Gasteiger partial charge in [-0.15, -0.1) is 0 Å². The molecule has 0 bridgehead atoms. The second kappa shape index (κ2) is 5.22. The molecule has 0 saturated heterocycles. The SMILES string of the molecule is CC(O)CNc1c([N+](=O)[O-])ccc(F)c1Br. The molecule has 7 heteroatoms. The van der Waals surface area contributed by atoms with E-state index in [4.69, 9.17) is 5.11 Å². The summed E-state index contributed by atoms with van der Waals surface area (Å²) in [6, 6.07) is 2.08. The lowest BCUT2D eigenvalue weighted by Gasteiger charge is -2.10. The van der Waals surface area contributed by atoms with Crippen LogP contribution in [0.5, 0.6) is 0 Å². The molecule has 2 N–H and O–H groups in total. The predicted molar refractivity (Wildman–Crippen MR) is 60.9 cm³/mol. The fraction of sp³-hybridized carbons (Fsp3) is 0.333. The van der Waals surface area contributed by atoms with E-state index in [1.54, 1.807) is 0 Å². The molecule has 0 heterocycles. The molecule has 0 aromatic heterocycles. The average molecular weight is 293 g/mol. The van der Waals surface area contributed by atoms with Crippen molar-refractivity contribution < 1.29 is 14.4 Å². The van der Waals surface area contributed by atoms with E-state index in [-0.39, 0.29) is 22.4 Å². The molecule has 0 spiro atoms. The highest BCUT2D eigenvalue weighted by atomic mass is 79.9. The van der Waals surface area contributed by atoms with E-state index >= 15 is 0 Å². The van der Waals surface area contributed by atoms with E-state index in [1.807, 2.05) is 0 Å². The summed E-state index contributed by atoms with van der Waals surface area (Å²) in [6.45, 7) is 1.62. The van der Waals surface area contributed by atoms with Crippen LogP contribution in [0.3, 0.4) is 0 Å². The molecule has 5 nitrogen and oxygen atoms in total. The summed E-state index contributed by atoms with van der Waals surface area (Å²) >= 11 is 2.93. The second-order valence-corrected chi connectivity index (χ2v) is 4.04. The lowest BCUT2D eigenvalue weighted by Crippen LogP contribution is -2.16. The highest BCUT2D eigenvalue weighted by Gasteiger charge is 2.19. The topological polar surface area (TPSA) is 75.4 Å². The molecule has 0 saturated carbocycles. The minimum absolute atomic E-state index is 0.0117. The number of nitrogens with one attached hydrogen (secondary N) is 1. The first-order chi connectivity index (χ1) is 7.43. The number of halogens is 2. The van der Waals surface area contributed by atoms with Crippen LogP contribution in [0.25, 0.3) is 0 Å². The zero-order chi connectivity index (χ0) is 12.3. The van der Waals surface area contributed by atoms with Crippen LogP contribution < -0.4 is 5.32 Å². The largest absolute Gasteiger partial charge is 0.392 e. The first-order valence-corrected chi connectivity index (χ1v) is 5.27. The van der Waals surface area contributed by atoms with E-state index in [0.717, 1.165) is 12.1 Å². The lowest BCUT2D eigenvalue weighted by atomic mass is 10.2. The molecule has 1 atom stereocenters. The van der Waals surface area contributed by atoms with Gasteiger partial charge in [-0.3, -0.25) is 10.1 Å². The van der Waals surface area contributed by atoms with Crippen molar-refractivity contribution in [2.75, 3.05) is 11.9 Å². The highest BCUT2D eigenvalue weighted by Crippen LogP contribution is 2.34. The summed E-state index contributed by atoms with van der Waals surface area (Å²) in [7, 11) is 0. The molecule has 0 radical (unpaired) electrons. The van der Waals surface area contributed by atoms with E-state index in [0.29, 0.717) is 0 Å². The van der Waals surface area contributed by atoms with Gasteiger partial charge < -0.3 is 10.4 Å². The number of hydrogen-bond acceptors (Lipinski definition) is 4. The molecule has 1 unspecified atom stereocenters. The third kappa shape index (κ3) is 2.89. The van der Waals surface area contributed by atoms with Gasteiger partial charge in [0.1, 0.15) is 11.5 Å². The molecule has 0 fully saturated rings. The van der Waals surface area contributed by atoms with Crippen LogP contribution in [0, 0.1) is 15.9 Å². The Morgan fingerprint density at radius 2 is 2.31 bits per heavy atom. The van der Waals surface area contributed by atoms with E-state index < -0.39 is 16.8 Å². The molecule has 88 valence electrons. The molecular weight excluding hydrogens is 283 g/mol. The Morgan fingerprint density at radius 1 is 1.69 bits per heavy atom. The van der Waals surface area contributed by atoms with Gasteiger partial charge in [0.15, 0.2) is 0 Å². The molecule has 16 heavy (non-hydrogen) atoms. The van der Waals surface area contributed by atoms with E-state index in [2.05, 4.69) is 21.2 Å². The third-order valence-electron chi connectivity index (χ3n) is 1.84. The summed E-state index contributed by atoms with van der Waals surface area (Å²) in [6.07, 6.45) is -0.685. The number of anilines is 1. The normalized spacial score (nSPS) is 12.2. The first kappa shape index (κ1) is 12.9. The van der Waals surface area contributed by atoms with Crippen molar-refractivity contribution in [2.24, 2.45) is 0 Å². The first-order valence-electron chi connectivity index (χ1n) is 4.47. The Hall–Kier alpha value is -1.21. The Labute approximate surface area is 99.6 Å². The monoisotopic (exact) mass is 292 g/mol. The minimum atomic E-state index is -0.685. The number of hydrogen-bond donors (Lipinski definition) is 2. The van der Waals surface area contributed by atoms with E-state index in [9.17, 15) is 14.5 Å². The van der Waals surface area contributed by atoms with Crippen molar-refractivity contribution in [3.05, 3.63) is 32.5 Å². The van der Waals surface area contributed by atoms with Crippen LogP contribution in [0.1, 0.15) is 6.92 Å². The van der Waals surface area contributed by atoms with Crippen molar-refractivity contribution in [1.82, 2.24) is 0 Å². The van der Waals surface area contributed by atoms with Crippen molar-refractivity contribution >= 4 is 27.3 Å². The zero-order valence-corrected chi connectivity index (χ0v) is 9.99. The van der Waals surface area contributed by atoms with Crippen LogP contribution in [0.4, 0.5) is 15.8 Å².